The molecule has 48 heavy (non-hydrogen) atoms. The molecule has 256 valence electrons. The van der Waals surface area contributed by atoms with E-state index >= 15 is 0 Å². The average Bonchev–Trinajstić information content (AvgIpc) is 3.07. The Kier molecular flexibility index (Phi) is 12.1. The summed E-state index contributed by atoms with van der Waals surface area (Å²) in [5.74, 6) is -11.8. The predicted molar refractivity (Wildman–Crippen MR) is 160 cm³/mol. The van der Waals surface area contributed by atoms with Crippen molar-refractivity contribution in [2.24, 2.45) is 0 Å². The van der Waals surface area contributed by atoms with Crippen LogP contribution in [-0.4, -0.2) is 97.5 Å². The molecule has 16 heteroatoms. The van der Waals surface area contributed by atoms with Crippen LogP contribution >= 0.6 is 0 Å². The quantitative estimate of drug-likeness (QED) is 0.148. The van der Waals surface area contributed by atoms with Crippen molar-refractivity contribution < 1.29 is 77.6 Å². The van der Waals surface area contributed by atoms with Gasteiger partial charge in [0.1, 0.15) is 0 Å². The van der Waals surface area contributed by atoms with Crippen molar-refractivity contribution in [1.82, 2.24) is 0 Å². The normalized spacial score (nSPS) is 14.2. The van der Waals surface area contributed by atoms with Crippen LogP contribution in [0.1, 0.15) is 35.8 Å². The summed E-state index contributed by atoms with van der Waals surface area (Å²) in [5, 5.41) is 40.4. The number of carbonyl (C=O) groups excluding carboxylic acids is 4. The van der Waals surface area contributed by atoms with E-state index in [2.05, 4.69) is 0 Å². The van der Waals surface area contributed by atoms with Crippen molar-refractivity contribution in [3.8, 4) is 23.0 Å². The maximum atomic E-state index is 13.8. The number of methoxy groups -OCH3 is 4. The Morgan fingerprint density at radius 3 is 1.25 bits per heavy atom. The zero-order valence-corrected chi connectivity index (χ0v) is 26.1. The third kappa shape index (κ3) is 8.20. The van der Waals surface area contributed by atoms with Crippen LogP contribution in [0.25, 0.3) is 0 Å². The summed E-state index contributed by atoms with van der Waals surface area (Å²) in [6, 6.07) is 7.83. The summed E-state index contributed by atoms with van der Waals surface area (Å²) >= 11 is 0. The van der Waals surface area contributed by atoms with Gasteiger partial charge in [0.25, 0.3) is 0 Å². The molecule has 1 aliphatic rings. The van der Waals surface area contributed by atoms with Crippen molar-refractivity contribution in [3.63, 3.8) is 0 Å². The Hall–Kier alpha value is -6.06. The molecule has 0 bridgehead atoms. The minimum atomic E-state index is -1.40. The Morgan fingerprint density at radius 1 is 0.604 bits per heavy atom. The van der Waals surface area contributed by atoms with Crippen LogP contribution < -0.4 is 18.9 Å². The minimum absolute atomic E-state index is 0.00444. The zero-order chi connectivity index (χ0) is 35.7. The lowest BCUT2D eigenvalue weighted by Crippen LogP contribution is -2.31. The van der Waals surface area contributed by atoms with Crippen LogP contribution in [0.4, 0.5) is 0 Å². The van der Waals surface area contributed by atoms with Crippen LogP contribution in [0.5, 0.6) is 23.0 Å². The van der Waals surface area contributed by atoms with Gasteiger partial charge >= 0.3 is 23.9 Å². The molecule has 0 radical (unpaired) electrons. The molecular formula is C32H32O16. The second-order valence-electron chi connectivity index (χ2n) is 10.0. The number of hydrogen-bond acceptors (Lipinski definition) is 14. The van der Waals surface area contributed by atoms with Gasteiger partial charge in [-0.3, -0.25) is 19.2 Å². The lowest BCUT2D eigenvalue weighted by Gasteiger charge is -2.28. The van der Waals surface area contributed by atoms with Crippen molar-refractivity contribution >= 4 is 35.4 Å². The first-order chi connectivity index (χ1) is 22.8. The molecule has 0 aliphatic heterocycles. The molecule has 0 unspecified atom stereocenters. The largest absolute Gasteiger partial charge is 0.504 e. The standard InChI is InChI=1S/C32H32O16/c1-43-21-9-15(5-7-19(21)47-13-23(33)34)17(11-25(37)45-3)27-29(39)31(41)28(32(42)30(27)40)18(12-26(38)46-4)16-6-8-20(22(10-16)44-2)48-14-24(35)36/h5-10,17-18,39,42H,11-14H2,1-4H3,(H,33,34)(H,35,36)/t17-,18-/m1/s1. The van der Waals surface area contributed by atoms with E-state index in [1.165, 1.54) is 50.6 Å². The molecule has 0 spiro atoms. The van der Waals surface area contributed by atoms with Crippen LogP contribution in [0.3, 0.4) is 0 Å². The molecule has 0 aromatic heterocycles. The molecule has 4 N–H and O–H groups in total. The fraction of sp³-hybridized carbons (Fsp3) is 0.312. The number of aliphatic hydroxyl groups is 2. The number of Topliss-reactive ketones (excluding diaryl/α,β-unsaturated/α-hetero) is 2. The van der Waals surface area contributed by atoms with E-state index < -0.39 is 96.0 Å². The molecule has 0 saturated heterocycles. The SMILES string of the molecule is COC(=O)C[C@@H](C1=C(O)C(=O)C([C@H](CC(=O)OC)c2ccc(OCC(=O)O)c(OC)c2)=C(O)C1=O)c1ccc(OCC(=O)O)c(OC)c1. The number of aliphatic hydroxyl groups excluding tert-OH is 2. The smallest absolute Gasteiger partial charge is 0.341 e. The molecule has 2 aromatic carbocycles. The van der Waals surface area contributed by atoms with Crippen molar-refractivity contribution in [2.45, 2.75) is 24.7 Å². The number of ether oxygens (including phenoxy) is 6. The molecule has 0 fully saturated rings. The van der Waals surface area contributed by atoms with E-state index in [0.717, 1.165) is 14.2 Å². The summed E-state index contributed by atoms with van der Waals surface area (Å²) in [7, 11) is 4.64. The molecule has 16 nitrogen and oxygen atoms in total. The molecular weight excluding hydrogens is 640 g/mol. The number of esters is 2. The van der Waals surface area contributed by atoms with Crippen LogP contribution in [0, 0.1) is 0 Å². The van der Waals surface area contributed by atoms with Gasteiger partial charge in [-0.05, 0) is 35.4 Å². The Balaban J connectivity index is 2.16. The van der Waals surface area contributed by atoms with Gasteiger partial charge in [0.15, 0.2) is 47.7 Å². The van der Waals surface area contributed by atoms with Crippen molar-refractivity contribution in [2.75, 3.05) is 41.7 Å². The molecule has 1 aliphatic carbocycles. The van der Waals surface area contributed by atoms with Crippen LogP contribution in [0.15, 0.2) is 59.1 Å². The summed E-state index contributed by atoms with van der Waals surface area (Å²) in [6.07, 6.45) is -1.20. The number of allylic oxidation sites excluding steroid dienone is 2. The van der Waals surface area contributed by atoms with E-state index in [1.807, 2.05) is 0 Å². The highest BCUT2D eigenvalue weighted by molar-refractivity contribution is 6.24. The average molecular weight is 673 g/mol. The van der Waals surface area contributed by atoms with Crippen LogP contribution in [0.2, 0.25) is 0 Å². The van der Waals surface area contributed by atoms with Gasteiger partial charge in [0.2, 0.25) is 11.6 Å². The number of rotatable bonds is 16. The van der Waals surface area contributed by atoms with Crippen molar-refractivity contribution in [1.29, 1.82) is 0 Å². The van der Waals surface area contributed by atoms with Gasteiger partial charge in [0.05, 0.1) is 52.4 Å². The third-order valence-electron chi connectivity index (χ3n) is 7.21. The zero-order valence-electron chi connectivity index (χ0n) is 26.1. The maximum Gasteiger partial charge on any atom is 0.341 e. The molecule has 0 heterocycles. The first-order valence-corrected chi connectivity index (χ1v) is 13.9. The fourth-order valence-electron chi connectivity index (χ4n) is 4.95. The molecule has 2 atom stereocenters. The summed E-state index contributed by atoms with van der Waals surface area (Å²) in [5.41, 5.74) is -1.10. The molecule has 0 saturated carbocycles. The Morgan fingerprint density at radius 2 is 0.958 bits per heavy atom. The highest BCUT2D eigenvalue weighted by Crippen LogP contribution is 2.43. The Labute approximate surface area is 272 Å². The first-order valence-electron chi connectivity index (χ1n) is 13.9. The highest BCUT2D eigenvalue weighted by atomic mass is 16.5. The lowest BCUT2D eigenvalue weighted by molar-refractivity contribution is -0.142. The number of carbonyl (C=O) groups is 6. The van der Waals surface area contributed by atoms with Gasteiger partial charge in [0, 0.05) is 11.8 Å². The molecule has 3 rings (SSSR count). The van der Waals surface area contributed by atoms with Crippen molar-refractivity contribution in [3.05, 3.63) is 70.2 Å². The second kappa shape index (κ2) is 16.0. The number of carboxylic acid groups (broad SMARTS) is 2. The number of benzene rings is 2. The topological polar surface area (TPSA) is 239 Å². The van der Waals surface area contributed by atoms with Gasteiger partial charge < -0.3 is 48.8 Å². The number of ketones is 2. The fourth-order valence-corrected chi connectivity index (χ4v) is 4.95. The Bertz CT molecular complexity index is 1560. The van der Waals surface area contributed by atoms with Gasteiger partial charge in [-0.15, -0.1) is 0 Å². The lowest BCUT2D eigenvalue weighted by atomic mass is 9.75. The second-order valence-corrected chi connectivity index (χ2v) is 10.0. The van der Waals surface area contributed by atoms with E-state index in [-0.39, 0.29) is 34.1 Å². The summed E-state index contributed by atoms with van der Waals surface area (Å²) in [6.45, 7) is -1.42. The number of hydrogen-bond donors (Lipinski definition) is 4. The van der Waals surface area contributed by atoms with E-state index in [9.17, 15) is 39.0 Å². The molecule has 2 aromatic rings. The number of carboxylic acids is 2. The predicted octanol–water partition coefficient (Wildman–Crippen LogP) is 2.40. The van der Waals surface area contributed by atoms with Gasteiger partial charge in [-0.1, -0.05) is 12.1 Å². The summed E-state index contributed by atoms with van der Waals surface area (Å²) in [4.78, 5) is 74.5. The third-order valence-corrected chi connectivity index (χ3v) is 7.21. The maximum absolute atomic E-state index is 13.8. The highest BCUT2D eigenvalue weighted by Gasteiger charge is 2.43. The van der Waals surface area contributed by atoms with Gasteiger partial charge in [-0.25, -0.2) is 9.59 Å². The van der Waals surface area contributed by atoms with E-state index in [1.54, 1.807) is 0 Å². The first kappa shape index (κ1) is 36.4. The van der Waals surface area contributed by atoms with Crippen LogP contribution in [-0.2, 0) is 38.2 Å². The minimum Gasteiger partial charge on any atom is -0.504 e. The van der Waals surface area contributed by atoms with Gasteiger partial charge in [-0.2, -0.15) is 0 Å². The summed E-state index contributed by atoms with van der Waals surface area (Å²) < 4.78 is 30.4. The van der Waals surface area contributed by atoms with E-state index in [4.69, 9.17) is 38.6 Å². The number of aliphatic carboxylic acids is 2. The monoisotopic (exact) mass is 672 g/mol. The van der Waals surface area contributed by atoms with E-state index in [0.29, 0.717) is 0 Å². The molecule has 0 amide bonds.